The molecule has 0 spiro atoms. The van der Waals surface area contributed by atoms with E-state index in [1.165, 1.54) is 7.11 Å². The van der Waals surface area contributed by atoms with Crippen molar-refractivity contribution in [2.75, 3.05) is 13.7 Å². The maximum Gasteiger partial charge on any atom is 0.183 e. The van der Waals surface area contributed by atoms with E-state index < -0.39 is 18.8 Å². The van der Waals surface area contributed by atoms with Crippen molar-refractivity contribution in [3.05, 3.63) is 0 Å². The van der Waals surface area contributed by atoms with Gasteiger partial charge in [0.2, 0.25) is 0 Å². The van der Waals surface area contributed by atoms with Crippen LogP contribution in [0.5, 0.6) is 0 Å². The van der Waals surface area contributed by atoms with E-state index in [9.17, 15) is 5.11 Å². The van der Waals surface area contributed by atoms with Crippen molar-refractivity contribution in [3.8, 4) is 0 Å². The normalized spacial score (nSPS) is 46.4. The molecule has 0 radical (unpaired) electrons. The zero-order chi connectivity index (χ0) is 7.56. The van der Waals surface area contributed by atoms with Crippen LogP contribution < -0.4 is 0 Å². The number of ether oxygens (including phenoxy) is 2. The molecule has 1 aliphatic heterocycles. The summed E-state index contributed by atoms with van der Waals surface area (Å²) in [6.07, 6.45) is -1.27. The Morgan fingerprint density at radius 3 is 3.22 bits per heavy atom. The highest BCUT2D eigenvalue weighted by Gasteiger charge is 2.22. The number of rotatable bonds is 1. The van der Waals surface area contributed by atoms with E-state index in [0.29, 0.717) is 13.0 Å². The molecular formula is C6H12O3. The van der Waals surface area contributed by atoms with E-state index in [0.717, 1.165) is 0 Å². The molecule has 1 heterocycles. The van der Waals surface area contributed by atoms with Gasteiger partial charge in [0.15, 0.2) is 6.29 Å². The summed E-state index contributed by atoms with van der Waals surface area (Å²) in [6, 6.07) is 0. The number of aliphatic hydroxyl groups excluding tert-OH is 1. The highest BCUT2D eigenvalue weighted by atomic mass is 16.7. The third-order valence-corrected chi connectivity index (χ3v) is 1.32. The monoisotopic (exact) mass is 133 g/mol. The van der Waals surface area contributed by atoms with Crippen molar-refractivity contribution in [2.24, 2.45) is 0 Å². The Labute approximate surface area is 56.0 Å². The summed E-state index contributed by atoms with van der Waals surface area (Å²) in [6.45, 7) is 0.504. The Bertz CT molecular complexity index is 109. The molecule has 0 bridgehead atoms. The van der Waals surface area contributed by atoms with Gasteiger partial charge in [-0.3, -0.25) is 0 Å². The summed E-state index contributed by atoms with van der Waals surface area (Å²) in [5.74, 6) is 0. The molecule has 0 saturated carbocycles. The first-order valence-corrected chi connectivity index (χ1v) is 3.00. The average Bonchev–Trinajstić information content (AvgIpc) is 1.95. The molecule has 1 aliphatic rings. The molecule has 1 N–H and O–H groups in total. The third kappa shape index (κ3) is 1.64. The van der Waals surface area contributed by atoms with E-state index in [1.54, 1.807) is 0 Å². The summed E-state index contributed by atoms with van der Waals surface area (Å²) in [5, 5.41) is 9.20. The van der Waals surface area contributed by atoms with Gasteiger partial charge in [0.05, 0.1) is 0 Å². The fraction of sp³-hybridized carbons (Fsp3) is 1.00. The Morgan fingerprint density at radius 2 is 2.67 bits per heavy atom. The second kappa shape index (κ2) is 3.15. The predicted octanol–water partition coefficient (Wildman–Crippen LogP) is 0.130. The Balaban J connectivity index is 2.42. The van der Waals surface area contributed by atoms with Crippen LogP contribution in [0.4, 0.5) is 0 Å². The summed E-state index contributed by atoms with van der Waals surface area (Å²) in [4.78, 5) is 0. The molecule has 3 atom stereocenters. The summed E-state index contributed by atoms with van der Waals surface area (Å²) < 4.78 is 17.1. The molecule has 54 valence electrons. The molecule has 0 aromatic rings. The van der Waals surface area contributed by atoms with Crippen molar-refractivity contribution >= 4 is 0 Å². The maximum absolute atomic E-state index is 9.20. The largest absolute Gasteiger partial charge is 0.388 e. The molecular weight excluding hydrogens is 120 g/mol. The molecule has 9 heavy (non-hydrogen) atoms. The number of aliphatic hydroxyl groups is 1. The van der Waals surface area contributed by atoms with E-state index in [4.69, 9.17) is 10.8 Å². The van der Waals surface area contributed by atoms with Gasteiger partial charge in [0.25, 0.3) is 0 Å². The first-order valence-electron chi connectivity index (χ1n) is 3.58. The molecule has 1 saturated heterocycles. The molecule has 1 fully saturated rings. The Kier molecular flexibility index (Phi) is 1.98. The standard InChI is InChI=1S/C6H12O3/c1-8-6-5(7)3-2-4-9-6/h5-7H,2-4H2,1H3/i3D. The van der Waals surface area contributed by atoms with Crippen LogP contribution in [0.25, 0.3) is 0 Å². The smallest absolute Gasteiger partial charge is 0.183 e. The minimum Gasteiger partial charge on any atom is -0.388 e. The molecule has 0 aromatic carbocycles. The summed E-state index contributed by atoms with van der Waals surface area (Å²) >= 11 is 0. The highest BCUT2D eigenvalue weighted by molar-refractivity contribution is 4.64. The minimum atomic E-state index is -0.793. The lowest BCUT2D eigenvalue weighted by molar-refractivity contribution is -0.201. The topological polar surface area (TPSA) is 38.7 Å². The van der Waals surface area contributed by atoms with Gasteiger partial charge in [-0.2, -0.15) is 0 Å². The predicted molar refractivity (Wildman–Crippen MR) is 32.0 cm³/mol. The van der Waals surface area contributed by atoms with Gasteiger partial charge < -0.3 is 14.6 Å². The van der Waals surface area contributed by atoms with Crippen molar-refractivity contribution in [1.82, 2.24) is 0 Å². The summed E-state index contributed by atoms with van der Waals surface area (Å²) in [5.41, 5.74) is 0. The van der Waals surface area contributed by atoms with Crippen LogP contribution in [0, 0.1) is 0 Å². The zero-order valence-electron chi connectivity index (χ0n) is 6.41. The van der Waals surface area contributed by atoms with Gasteiger partial charge in [-0.1, -0.05) is 0 Å². The van der Waals surface area contributed by atoms with Crippen molar-refractivity contribution < 1.29 is 16.0 Å². The number of hydrogen-bond donors (Lipinski definition) is 1. The zero-order valence-corrected chi connectivity index (χ0v) is 5.41. The SMILES string of the molecule is [2H]C1CCOC(OC)C1O. The van der Waals surface area contributed by atoms with Gasteiger partial charge >= 0.3 is 0 Å². The number of methoxy groups -OCH3 is 1. The van der Waals surface area contributed by atoms with Gasteiger partial charge in [-0.25, -0.2) is 0 Å². The highest BCUT2D eigenvalue weighted by Crippen LogP contribution is 2.13. The van der Waals surface area contributed by atoms with Crippen molar-refractivity contribution in [1.29, 1.82) is 0 Å². The first-order chi connectivity index (χ1) is 4.75. The average molecular weight is 133 g/mol. The van der Waals surface area contributed by atoms with E-state index >= 15 is 0 Å². The summed E-state index contributed by atoms with van der Waals surface area (Å²) in [7, 11) is 1.46. The fourth-order valence-corrected chi connectivity index (χ4v) is 0.840. The Morgan fingerprint density at radius 1 is 1.89 bits per heavy atom. The van der Waals surface area contributed by atoms with Crippen LogP contribution in [-0.4, -0.2) is 31.2 Å². The van der Waals surface area contributed by atoms with Crippen molar-refractivity contribution in [2.45, 2.75) is 25.2 Å². The molecule has 0 amide bonds. The Hall–Kier alpha value is -0.120. The second-order valence-corrected chi connectivity index (χ2v) is 1.99. The van der Waals surface area contributed by atoms with Gasteiger partial charge in [0.1, 0.15) is 6.10 Å². The lowest BCUT2D eigenvalue weighted by Crippen LogP contribution is -2.35. The molecule has 1 rings (SSSR count). The minimum absolute atomic E-state index is 0.460. The van der Waals surface area contributed by atoms with Crippen LogP contribution in [-0.2, 0) is 9.47 Å². The van der Waals surface area contributed by atoms with E-state index in [1.807, 2.05) is 0 Å². The number of hydrogen-bond acceptors (Lipinski definition) is 3. The fourth-order valence-electron chi connectivity index (χ4n) is 0.840. The lowest BCUT2D eigenvalue weighted by Gasteiger charge is -2.26. The molecule has 0 aromatic heterocycles. The van der Waals surface area contributed by atoms with Gasteiger partial charge in [-0.05, 0) is 12.8 Å². The lowest BCUT2D eigenvalue weighted by atomic mass is 10.1. The quantitative estimate of drug-likeness (QED) is 0.552. The van der Waals surface area contributed by atoms with E-state index in [-0.39, 0.29) is 0 Å². The van der Waals surface area contributed by atoms with Crippen molar-refractivity contribution in [3.63, 3.8) is 0 Å². The van der Waals surface area contributed by atoms with Gasteiger partial charge in [-0.15, -0.1) is 0 Å². The van der Waals surface area contributed by atoms with Gasteiger partial charge in [0, 0.05) is 15.1 Å². The second-order valence-electron chi connectivity index (χ2n) is 1.99. The van der Waals surface area contributed by atoms with Crippen LogP contribution >= 0.6 is 0 Å². The third-order valence-electron chi connectivity index (χ3n) is 1.32. The van der Waals surface area contributed by atoms with E-state index in [2.05, 4.69) is 0 Å². The van der Waals surface area contributed by atoms with Crippen LogP contribution in [0.3, 0.4) is 0 Å². The maximum atomic E-state index is 9.20. The van der Waals surface area contributed by atoms with Crippen LogP contribution in [0.15, 0.2) is 0 Å². The molecule has 3 nitrogen and oxygen atoms in total. The molecule has 3 unspecified atom stereocenters. The van der Waals surface area contributed by atoms with Crippen LogP contribution in [0.1, 0.15) is 14.2 Å². The van der Waals surface area contributed by atoms with Crippen LogP contribution in [0.2, 0.25) is 0 Å². The first kappa shape index (κ1) is 5.65. The molecule has 0 aliphatic carbocycles. The molecule has 3 heteroatoms.